The number of ketones is 1. The van der Waals surface area contributed by atoms with Gasteiger partial charge in [-0.05, 0) is 0 Å². The molecule has 3 atom stereocenters. The van der Waals surface area contributed by atoms with Crippen LogP contribution in [-0.2, 0) is 33.6 Å². The van der Waals surface area contributed by atoms with Gasteiger partial charge in [-0.15, -0.1) is 0 Å². The zero-order valence-corrected chi connectivity index (χ0v) is 14.8. The third-order valence-electron chi connectivity index (χ3n) is 3.65. The van der Waals surface area contributed by atoms with Crippen LogP contribution in [-0.4, -0.2) is 98.0 Å². The number of nitrogens with two attached hydrogens (primary N) is 2. The number of imide groups is 1. The number of nitrogens with one attached hydrogen (secondary N) is 1. The summed E-state index contributed by atoms with van der Waals surface area (Å²) in [4.78, 5) is 80.2. The number of amides is 3. The minimum atomic E-state index is -3.25. The average molecular weight is 420 g/mol. The molecule has 0 aliphatic carbocycles. The minimum Gasteiger partial charge on any atom is -0.481 e. The van der Waals surface area contributed by atoms with Gasteiger partial charge >= 0.3 is 17.9 Å². The molecule has 15 nitrogen and oxygen atoms in total. The van der Waals surface area contributed by atoms with Gasteiger partial charge in [0, 0.05) is 0 Å². The Morgan fingerprint density at radius 1 is 0.966 bits per heavy atom. The first-order valence-corrected chi connectivity index (χ1v) is 7.73. The summed E-state index contributed by atoms with van der Waals surface area (Å²) in [6.45, 7) is -2.73. The molecule has 0 radical (unpaired) electrons. The van der Waals surface area contributed by atoms with E-state index < -0.39 is 85.5 Å². The number of carboxylic acid groups (broad SMARTS) is 3. The van der Waals surface area contributed by atoms with Crippen LogP contribution in [0.4, 0.5) is 0 Å². The molecule has 0 aromatic heterocycles. The molecule has 0 bridgehead atoms. The van der Waals surface area contributed by atoms with Crippen molar-refractivity contribution in [1.29, 1.82) is 0 Å². The molecular weight excluding hydrogens is 400 g/mol. The minimum absolute atomic E-state index is 0.248. The van der Waals surface area contributed by atoms with Gasteiger partial charge in [0.05, 0.1) is 38.1 Å². The molecule has 15 heteroatoms. The first-order chi connectivity index (χ1) is 13.3. The summed E-state index contributed by atoms with van der Waals surface area (Å²) in [6, 6.07) is -3.57. The fourth-order valence-corrected chi connectivity index (χ4v) is 2.16. The third kappa shape index (κ3) is 6.30. The molecule has 162 valence electrons. The molecule has 0 rings (SSSR count). The number of carboxylic acids is 3. The second-order valence-electron chi connectivity index (χ2n) is 5.68. The van der Waals surface area contributed by atoms with Crippen LogP contribution in [0.5, 0.6) is 0 Å². The zero-order valence-electron chi connectivity index (χ0n) is 14.8. The van der Waals surface area contributed by atoms with Crippen molar-refractivity contribution in [2.45, 2.75) is 30.5 Å². The van der Waals surface area contributed by atoms with E-state index in [-0.39, 0.29) is 4.90 Å². The van der Waals surface area contributed by atoms with Gasteiger partial charge in [0.2, 0.25) is 23.8 Å². The lowest BCUT2D eigenvalue weighted by molar-refractivity contribution is -0.170. The van der Waals surface area contributed by atoms with Gasteiger partial charge in [0.25, 0.3) is 0 Å². The first-order valence-electron chi connectivity index (χ1n) is 7.73. The molecule has 0 saturated carbocycles. The second kappa shape index (κ2) is 10.8. The molecule has 0 aliphatic rings. The Bertz CT molecular complexity index is 710. The zero-order chi connectivity index (χ0) is 22.9. The molecule has 0 fully saturated rings. The van der Waals surface area contributed by atoms with E-state index >= 15 is 0 Å². The van der Waals surface area contributed by atoms with E-state index in [9.17, 15) is 43.8 Å². The Morgan fingerprint density at radius 3 is 1.83 bits per heavy atom. The molecule has 3 unspecified atom stereocenters. The summed E-state index contributed by atoms with van der Waals surface area (Å²) in [5.41, 5.74) is 7.33. The van der Waals surface area contributed by atoms with Crippen molar-refractivity contribution in [2.75, 3.05) is 13.2 Å². The molecule has 0 aliphatic heterocycles. The molecule has 0 saturated heterocycles. The number of rotatable bonds is 13. The Hall–Kier alpha value is -3.43. The highest BCUT2D eigenvalue weighted by Gasteiger charge is 2.55. The number of nitrogens with zero attached hydrogens (tertiary/aromatic N) is 1. The van der Waals surface area contributed by atoms with Crippen LogP contribution in [0.2, 0.25) is 0 Å². The smallest absolute Gasteiger partial charge is 0.340 e. The summed E-state index contributed by atoms with van der Waals surface area (Å²) in [5, 5.41) is 37.9. The molecule has 3 amide bonds. The fraction of sp³-hybridized carbons (Fsp3) is 0.500. The van der Waals surface area contributed by atoms with Gasteiger partial charge in [-0.1, -0.05) is 0 Å². The Kier molecular flexibility index (Phi) is 9.51. The van der Waals surface area contributed by atoms with Crippen LogP contribution in [0.15, 0.2) is 0 Å². The van der Waals surface area contributed by atoms with Crippen molar-refractivity contribution in [2.24, 2.45) is 11.5 Å². The molecule has 0 aromatic rings. The molecule has 29 heavy (non-hydrogen) atoms. The topological polar surface area (TPSA) is 268 Å². The maximum atomic E-state index is 12.4. The molecule has 0 aromatic carbocycles. The number of Topliss-reactive ketones (excluding diaryl/α,β-unsaturated/α-hetero) is 1. The maximum absolute atomic E-state index is 12.4. The number of carbonyl (C=O) groups excluding carboxylic acids is 4. The van der Waals surface area contributed by atoms with Crippen molar-refractivity contribution in [3.8, 4) is 0 Å². The van der Waals surface area contributed by atoms with Gasteiger partial charge in [-0.3, -0.25) is 33.7 Å². The average Bonchev–Trinajstić information content (AvgIpc) is 2.61. The van der Waals surface area contributed by atoms with E-state index in [0.717, 1.165) is 0 Å². The highest BCUT2D eigenvalue weighted by Crippen LogP contribution is 2.19. The molecule has 9 N–H and O–H groups in total. The van der Waals surface area contributed by atoms with Crippen LogP contribution >= 0.6 is 0 Å². The lowest BCUT2D eigenvalue weighted by Gasteiger charge is -2.35. The number of aliphatic carboxylic acids is 3. The van der Waals surface area contributed by atoms with E-state index in [4.69, 9.17) is 21.7 Å². The van der Waals surface area contributed by atoms with Gasteiger partial charge in [-0.25, -0.2) is 4.79 Å². The molecule has 0 heterocycles. The van der Waals surface area contributed by atoms with Crippen molar-refractivity contribution in [1.82, 2.24) is 10.2 Å². The predicted molar refractivity (Wildman–Crippen MR) is 88.8 cm³/mol. The molecule has 0 spiro atoms. The number of hydrogen-bond acceptors (Lipinski definition) is 10. The van der Waals surface area contributed by atoms with Crippen molar-refractivity contribution >= 4 is 41.9 Å². The van der Waals surface area contributed by atoms with E-state index in [1.807, 2.05) is 5.32 Å². The Labute approximate surface area is 162 Å². The summed E-state index contributed by atoms with van der Waals surface area (Å²) in [7, 11) is 0. The van der Waals surface area contributed by atoms with Crippen LogP contribution in [0.25, 0.3) is 0 Å². The summed E-state index contributed by atoms with van der Waals surface area (Å²) in [5.74, 6) is -9.47. The lowest BCUT2D eigenvalue weighted by Crippen LogP contribution is -2.68. The van der Waals surface area contributed by atoms with E-state index in [2.05, 4.69) is 0 Å². The van der Waals surface area contributed by atoms with E-state index in [1.54, 1.807) is 0 Å². The van der Waals surface area contributed by atoms with E-state index in [0.29, 0.717) is 0 Å². The monoisotopic (exact) mass is 420 g/mol. The fourth-order valence-electron chi connectivity index (χ4n) is 2.16. The van der Waals surface area contributed by atoms with Crippen LogP contribution in [0, 0.1) is 0 Å². The Morgan fingerprint density at radius 2 is 1.45 bits per heavy atom. The van der Waals surface area contributed by atoms with E-state index in [1.165, 1.54) is 0 Å². The van der Waals surface area contributed by atoms with Crippen molar-refractivity contribution in [3.05, 3.63) is 0 Å². The third-order valence-corrected chi connectivity index (χ3v) is 3.65. The summed E-state index contributed by atoms with van der Waals surface area (Å²) < 4.78 is 0. The van der Waals surface area contributed by atoms with Crippen LogP contribution in [0.1, 0.15) is 12.8 Å². The predicted octanol–water partition coefficient (Wildman–Crippen LogP) is -4.92. The number of aliphatic hydroxyl groups is 1. The molecular formula is C14H20N4O11. The van der Waals surface area contributed by atoms with Gasteiger partial charge in [0.15, 0.2) is 5.78 Å². The van der Waals surface area contributed by atoms with Gasteiger partial charge < -0.3 is 37.2 Å². The van der Waals surface area contributed by atoms with Crippen molar-refractivity contribution < 1.29 is 54.0 Å². The second-order valence-corrected chi connectivity index (χ2v) is 5.68. The first kappa shape index (κ1) is 25.6. The Balaban J connectivity index is 5.66. The SMILES string of the molecule is NC(CC(=O)O)C(=O)NCC(=O)N(C=O)C(CO)(C(=O)O)C(=O)C(N)CC(=O)O. The summed E-state index contributed by atoms with van der Waals surface area (Å²) >= 11 is 0. The van der Waals surface area contributed by atoms with Crippen LogP contribution < -0.4 is 16.8 Å². The largest absolute Gasteiger partial charge is 0.481 e. The van der Waals surface area contributed by atoms with Crippen LogP contribution in [0.3, 0.4) is 0 Å². The normalized spacial score (nSPS) is 14.6. The van der Waals surface area contributed by atoms with Gasteiger partial charge in [0.1, 0.15) is 0 Å². The summed E-state index contributed by atoms with van der Waals surface area (Å²) in [6.07, 6.45) is -2.27. The number of aliphatic hydroxyl groups excluding tert-OH is 1. The lowest BCUT2D eigenvalue weighted by atomic mass is 9.87. The quantitative estimate of drug-likeness (QED) is 0.109. The maximum Gasteiger partial charge on any atom is 0.340 e. The highest BCUT2D eigenvalue weighted by molar-refractivity contribution is 6.15. The highest BCUT2D eigenvalue weighted by atomic mass is 16.4. The number of hydrogen-bond donors (Lipinski definition) is 7. The van der Waals surface area contributed by atoms with Gasteiger partial charge in [-0.2, -0.15) is 0 Å². The van der Waals surface area contributed by atoms with Crippen molar-refractivity contribution in [3.63, 3.8) is 0 Å². The standard InChI is InChI=1S/C14H20N4O11/c15-6(1-9(22)23)11(26)14(4-19,13(28)29)18(5-20)8(21)3-17-12(27)7(16)2-10(24)25/h5-7,19H,1-4,15-16H2,(H,17,27)(H,22,23)(H,24,25)(H,28,29). The number of carbonyl (C=O) groups is 7.